The Balaban J connectivity index is 2.11. The number of carbonyl (C=O) groups is 1. The van der Waals surface area contributed by atoms with Crippen molar-refractivity contribution in [1.29, 1.82) is 0 Å². The maximum Gasteiger partial charge on any atom is 0.231 e. The molecule has 92 valence electrons. The van der Waals surface area contributed by atoms with E-state index >= 15 is 0 Å². The van der Waals surface area contributed by atoms with Crippen LogP contribution in [0.3, 0.4) is 0 Å². The van der Waals surface area contributed by atoms with Gasteiger partial charge in [0.25, 0.3) is 0 Å². The lowest BCUT2D eigenvalue weighted by Crippen LogP contribution is -2.31. The van der Waals surface area contributed by atoms with Crippen LogP contribution in [0.15, 0.2) is 18.2 Å². The Morgan fingerprint density at radius 3 is 2.71 bits per heavy atom. The Kier molecular flexibility index (Phi) is 3.07. The first-order valence-electron chi connectivity index (χ1n) is 5.77. The van der Waals surface area contributed by atoms with Crippen molar-refractivity contribution in [1.82, 2.24) is 0 Å². The third-order valence-corrected chi connectivity index (χ3v) is 3.41. The summed E-state index contributed by atoms with van der Waals surface area (Å²) in [5.74, 6) is 0.828. The summed E-state index contributed by atoms with van der Waals surface area (Å²) in [6.07, 6.45) is 1.79. The van der Waals surface area contributed by atoms with Gasteiger partial charge < -0.3 is 15.8 Å². The summed E-state index contributed by atoms with van der Waals surface area (Å²) in [6, 6.07) is 5.60. The van der Waals surface area contributed by atoms with Crippen LogP contribution in [0.25, 0.3) is 0 Å². The van der Waals surface area contributed by atoms with E-state index in [0.29, 0.717) is 6.54 Å². The summed E-state index contributed by atoms with van der Waals surface area (Å²) in [5, 5.41) is 2.94. The van der Waals surface area contributed by atoms with Gasteiger partial charge >= 0.3 is 0 Å². The zero-order chi connectivity index (χ0) is 12.5. The van der Waals surface area contributed by atoms with Crippen molar-refractivity contribution >= 4 is 11.6 Å². The maximum atomic E-state index is 12.0. The molecule has 1 aliphatic rings. The number of nitrogens with one attached hydrogen (secondary N) is 1. The average Bonchev–Trinajstić information content (AvgIpc) is 3.12. The van der Waals surface area contributed by atoms with E-state index in [9.17, 15) is 4.79 Å². The van der Waals surface area contributed by atoms with Crippen LogP contribution in [0.2, 0.25) is 0 Å². The highest BCUT2D eigenvalue weighted by atomic mass is 16.5. The highest BCUT2D eigenvalue weighted by Crippen LogP contribution is 2.45. The summed E-state index contributed by atoms with van der Waals surface area (Å²) in [5.41, 5.74) is 7.13. The molecule has 0 heterocycles. The van der Waals surface area contributed by atoms with E-state index in [0.717, 1.165) is 29.8 Å². The molecule has 0 saturated heterocycles. The molecule has 0 aliphatic heterocycles. The lowest BCUT2D eigenvalue weighted by atomic mass is 10.1. The maximum absolute atomic E-state index is 12.0. The molecule has 1 aromatic carbocycles. The lowest BCUT2D eigenvalue weighted by Gasteiger charge is -2.14. The summed E-state index contributed by atoms with van der Waals surface area (Å²) in [6.45, 7) is 2.37. The van der Waals surface area contributed by atoms with E-state index in [1.165, 1.54) is 0 Å². The van der Waals surface area contributed by atoms with Gasteiger partial charge in [-0.25, -0.2) is 0 Å². The lowest BCUT2D eigenvalue weighted by molar-refractivity contribution is -0.120. The van der Waals surface area contributed by atoms with E-state index in [1.807, 2.05) is 25.1 Å². The summed E-state index contributed by atoms with van der Waals surface area (Å²) >= 11 is 0. The van der Waals surface area contributed by atoms with Crippen molar-refractivity contribution in [3.63, 3.8) is 0 Å². The Bertz CT molecular complexity index is 439. The van der Waals surface area contributed by atoms with Crippen LogP contribution in [0.4, 0.5) is 5.69 Å². The van der Waals surface area contributed by atoms with Crippen LogP contribution in [0.5, 0.6) is 5.75 Å². The Morgan fingerprint density at radius 1 is 1.53 bits per heavy atom. The molecule has 4 nitrogen and oxygen atoms in total. The van der Waals surface area contributed by atoms with Gasteiger partial charge in [-0.3, -0.25) is 4.79 Å². The zero-order valence-electron chi connectivity index (χ0n) is 10.2. The van der Waals surface area contributed by atoms with Crippen LogP contribution < -0.4 is 15.8 Å². The average molecular weight is 234 g/mol. The molecule has 0 spiro atoms. The van der Waals surface area contributed by atoms with Gasteiger partial charge in [-0.2, -0.15) is 0 Å². The molecule has 1 aromatic rings. The molecular weight excluding hydrogens is 216 g/mol. The molecule has 2 rings (SSSR count). The predicted octanol–water partition coefficient (Wildman–Crippen LogP) is 1.68. The van der Waals surface area contributed by atoms with Crippen molar-refractivity contribution in [2.75, 3.05) is 19.0 Å². The van der Waals surface area contributed by atoms with Crippen molar-refractivity contribution in [2.24, 2.45) is 11.1 Å². The number of hydrogen-bond acceptors (Lipinski definition) is 3. The standard InChI is InChI=1S/C13H18N2O2/c1-9-7-10(17-2)3-4-11(9)15-12(16)13(8-14)5-6-13/h3-4,7H,5-6,8,14H2,1-2H3,(H,15,16). The van der Waals surface area contributed by atoms with Crippen LogP contribution in [0.1, 0.15) is 18.4 Å². The number of ether oxygens (including phenoxy) is 1. The van der Waals surface area contributed by atoms with Crippen LogP contribution in [-0.4, -0.2) is 19.6 Å². The van der Waals surface area contributed by atoms with Gasteiger partial charge in [-0.15, -0.1) is 0 Å². The van der Waals surface area contributed by atoms with Crippen LogP contribution in [0, 0.1) is 12.3 Å². The highest BCUT2D eigenvalue weighted by Gasteiger charge is 2.48. The number of rotatable bonds is 4. The molecule has 1 aliphatic carbocycles. The number of aryl methyl sites for hydroxylation is 1. The fourth-order valence-electron chi connectivity index (χ4n) is 1.83. The molecular formula is C13H18N2O2. The van der Waals surface area contributed by atoms with Crippen molar-refractivity contribution in [3.8, 4) is 5.75 Å². The van der Waals surface area contributed by atoms with Gasteiger partial charge in [0.05, 0.1) is 12.5 Å². The van der Waals surface area contributed by atoms with E-state index in [-0.39, 0.29) is 11.3 Å². The van der Waals surface area contributed by atoms with Gasteiger partial charge in [0.15, 0.2) is 0 Å². The zero-order valence-corrected chi connectivity index (χ0v) is 10.2. The van der Waals surface area contributed by atoms with Crippen molar-refractivity contribution < 1.29 is 9.53 Å². The first-order chi connectivity index (χ1) is 8.11. The smallest absolute Gasteiger partial charge is 0.231 e. The molecule has 0 aromatic heterocycles. The third kappa shape index (κ3) is 2.26. The quantitative estimate of drug-likeness (QED) is 0.833. The minimum absolute atomic E-state index is 0.0354. The van der Waals surface area contributed by atoms with Gasteiger partial charge in [-0.1, -0.05) is 0 Å². The van der Waals surface area contributed by atoms with E-state index in [2.05, 4.69) is 5.32 Å². The predicted molar refractivity (Wildman–Crippen MR) is 67.1 cm³/mol. The summed E-state index contributed by atoms with van der Waals surface area (Å²) in [4.78, 5) is 12.0. The second kappa shape index (κ2) is 4.37. The molecule has 0 bridgehead atoms. The second-order valence-corrected chi connectivity index (χ2v) is 4.62. The number of anilines is 1. The molecule has 3 N–H and O–H groups in total. The van der Waals surface area contributed by atoms with Gasteiger partial charge in [-0.05, 0) is 43.5 Å². The molecule has 0 unspecified atom stereocenters. The van der Waals surface area contributed by atoms with E-state index in [1.54, 1.807) is 7.11 Å². The molecule has 0 atom stereocenters. The number of nitrogens with two attached hydrogens (primary N) is 1. The Labute approximate surface area is 101 Å². The number of carbonyl (C=O) groups excluding carboxylic acids is 1. The SMILES string of the molecule is COc1ccc(NC(=O)C2(CN)CC2)c(C)c1. The monoisotopic (exact) mass is 234 g/mol. The number of benzene rings is 1. The molecule has 1 fully saturated rings. The normalized spacial score (nSPS) is 16.4. The Morgan fingerprint density at radius 2 is 2.24 bits per heavy atom. The van der Waals surface area contributed by atoms with E-state index < -0.39 is 0 Å². The van der Waals surface area contributed by atoms with Gasteiger partial charge in [0, 0.05) is 12.2 Å². The van der Waals surface area contributed by atoms with Crippen LogP contribution >= 0.6 is 0 Å². The molecule has 4 heteroatoms. The van der Waals surface area contributed by atoms with Crippen molar-refractivity contribution in [3.05, 3.63) is 23.8 Å². The molecule has 0 radical (unpaired) electrons. The first kappa shape index (κ1) is 11.9. The summed E-state index contributed by atoms with van der Waals surface area (Å²) in [7, 11) is 1.63. The molecule has 17 heavy (non-hydrogen) atoms. The van der Waals surface area contributed by atoms with Crippen molar-refractivity contribution in [2.45, 2.75) is 19.8 Å². The Hall–Kier alpha value is -1.55. The number of hydrogen-bond donors (Lipinski definition) is 2. The largest absolute Gasteiger partial charge is 0.497 e. The summed E-state index contributed by atoms with van der Waals surface area (Å²) < 4.78 is 5.12. The first-order valence-corrected chi connectivity index (χ1v) is 5.77. The molecule has 1 saturated carbocycles. The van der Waals surface area contributed by atoms with Gasteiger partial charge in [0.1, 0.15) is 5.75 Å². The minimum Gasteiger partial charge on any atom is -0.497 e. The number of amides is 1. The highest BCUT2D eigenvalue weighted by molar-refractivity contribution is 5.97. The van der Waals surface area contributed by atoms with Gasteiger partial charge in [0.2, 0.25) is 5.91 Å². The topological polar surface area (TPSA) is 64.3 Å². The fourth-order valence-corrected chi connectivity index (χ4v) is 1.83. The second-order valence-electron chi connectivity index (χ2n) is 4.62. The fraction of sp³-hybridized carbons (Fsp3) is 0.462. The van der Waals surface area contributed by atoms with Crippen LogP contribution in [-0.2, 0) is 4.79 Å². The third-order valence-electron chi connectivity index (χ3n) is 3.41. The number of methoxy groups -OCH3 is 1. The minimum atomic E-state index is -0.313. The van der Waals surface area contributed by atoms with E-state index in [4.69, 9.17) is 10.5 Å². The molecule has 1 amide bonds.